The molecule has 28 heavy (non-hydrogen) atoms. The summed E-state index contributed by atoms with van der Waals surface area (Å²) < 4.78 is 5.74. The zero-order valence-electron chi connectivity index (χ0n) is 16.9. The third-order valence-electron chi connectivity index (χ3n) is 4.32. The fourth-order valence-corrected chi connectivity index (χ4v) is 2.91. The Morgan fingerprint density at radius 3 is 2.50 bits per heavy atom. The number of rotatable bonds is 9. The van der Waals surface area contributed by atoms with Gasteiger partial charge in [0.1, 0.15) is 5.75 Å². The highest BCUT2D eigenvalue weighted by Crippen LogP contribution is 2.28. The van der Waals surface area contributed by atoms with E-state index in [2.05, 4.69) is 5.32 Å². The smallest absolute Gasteiger partial charge is 0.303 e. The third-order valence-corrected chi connectivity index (χ3v) is 4.32. The molecule has 0 fully saturated rings. The molecule has 2 aromatic carbocycles. The third kappa shape index (κ3) is 5.74. The summed E-state index contributed by atoms with van der Waals surface area (Å²) in [5, 5.41) is 11.8. The van der Waals surface area contributed by atoms with Gasteiger partial charge in [0.25, 0.3) is 5.91 Å². The summed E-state index contributed by atoms with van der Waals surface area (Å²) in [7, 11) is 3.92. The fourth-order valence-electron chi connectivity index (χ4n) is 2.91. The predicted molar refractivity (Wildman–Crippen MR) is 112 cm³/mol. The van der Waals surface area contributed by atoms with Crippen molar-refractivity contribution in [3.63, 3.8) is 0 Å². The van der Waals surface area contributed by atoms with Gasteiger partial charge < -0.3 is 20.1 Å². The van der Waals surface area contributed by atoms with Crippen LogP contribution in [-0.4, -0.2) is 37.7 Å². The van der Waals surface area contributed by atoms with Crippen LogP contribution in [0.1, 0.15) is 41.3 Å². The monoisotopic (exact) mass is 384 g/mol. The molecule has 2 rings (SSSR count). The van der Waals surface area contributed by atoms with E-state index in [9.17, 15) is 9.59 Å². The van der Waals surface area contributed by atoms with Crippen LogP contribution >= 0.6 is 0 Å². The van der Waals surface area contributed by atoms with Crippen molar-refractivity contribution in [3.8, 4) is 5.75 Å². The number of aryl methyl sites for hydroxylation is 2. The lowest BCUT2D eigenvalue weighted by Crippen LogP contribution is -2.15. The van der Waals surface area contributed by atoms with Gasteiger partial charge in [0, 0.05) is 31.8 Å². The van der Waals surface area contributed by atoms with Crippen molar-refractivity contribution in [3.05, 3.63) is 53.1 Å². The molecule has 0 saturated carbocycles. The van der Waals surface area contributed by atoms with E-state index in [4.69, 9.17) is 9.84 Å². The normalized spacial score (nSPS) is 10.4. The molecule has 0 radical (unpaired) electrons. The van der Waals surface area contributed by atoms with Crippen LogP contribution < -0.4 is 15.0 Å². The summed E-state index contributed by atoms with van der Waals surface area (Å²) in [6, 6.07) is 11.0. The molecule has 150 valence electrons. The second-order valence-corrected chi connectivity index (χ2v) is 6.92. The number of hydrogen-bond acceptors (Lipinski definition) is 4. The van der Waals surface area contributed by atoms with Gasteiger partial charge in [0.2, 0.25) is 0 Å². The molecule has 6 nitrogen and oxygen atoms in total. The quantitative estimate of drug-likeness (QED) is 0.680. The predicted octanol–water partition coefficient (Wildman–Crippen LogP) is 4.12. The van der Waals surface area contributed by atoms with E-state index in [1.165, 1.54) is 0 Å². The molecule has 0 saturated heterocycles. The number of benzene rings is 2. The Bertz CT molecular complexity index is 846. The Morgan fingerprint density at radius 2 is 1.89 bits per heavy atom. The minimum absolute atomic E-state index is 0.0355. The number of carbonyl (C=O) groups excluding carboxylic acids is 1. The molecule has 0 atom stereocenters. The molecule has 0 aliphatic heterocycles. The van der Waals surface area contributed by atoms with Crippen molar-refractivity contribution < 1.29 is 19.4 Å². The maximum atomic E-state index is 12.8. The molecule has 6 heteroatoms. The van der Waals surface area contributed by atoms with Gasteiger partial charge in [-0.25, -0.2) is 0 Å². The highest BCUT2D eigenvalue weighted by atomic mass is 16.5. The summed E-state index contributed by atoms with van der Waals surface area (Å²) in [6.07, 6.45) is 1.27. The van der Waals surface area contributed by atoms with Crippen LogP contribution in [-0.2, 0) is 11.2 Å². The minimum atomic E-state index is -0.853. The van der Waals surface area contributed by atoms with Crippen molar-refractivity contribution in [2.75, 3.05) is 30.9 Å². The maximum Gasteiger partial charge on any atom is 0.303 e. The second-order valence-electron chi connectivity index (χ2n) is 6.92. The fraction of sp³-hybridized carbons (Fsp3) is 0.364. The number of nitrogens with one attached hydrogen (secondary N) is 1. The molecule has 2 aromatic rings. The van der Waals surface area contributed by atoms with E-state index in [0.29, 0.717) is 30.0 Å². The van der Waals surface area contributed by atoms with Crippen LogP contribution in [0.15, 0.2) is 36.4 Å². The van der Waals surface area contributed by atoms with E-state index in [1.807, 2.05) is 51.0 Å². The van der Waals surface area contributed by atoms with E-state index >= 15 is 0 Å². The molecule has 0 aliphatic carbocycles. The number of carboxylic acid groups (broad SMARTS) is 1. The van der Waals surface area contributed by atoms with Gasteiger partial charge in [0.15, 0.2) is 0 Å². The number of hydrogen-bond donors (Lipinski definition) is 2. The molecule has 0 aliphatic rings. The van der Waals surface area contributed by atoms with Gasteiger partial charge in [-0.3, -0.25) is 9.59 Å². The number of ether oxygens (including phenoxy) is 1. The first kappa shape index (κ1) is 21.3. The van der Waals surface area contributed by atoms with Crippen molar-refractivity contribution >= 4 is 23.3 Å². The summed E-state index contributed by atoms with van der Waals surface area (Å²) in [6.45, 7) is 4.51. The molecule has 0 unspecified atom stereocenters. The lowest BCUT2D eigenvalue weighted by molar-refractivity contribution is -0.136. The molecule has 0 aromatic heterocycles. The molecule has 2 N–H and O–H groups in total. The number of amides is 1. The van der Waals surface area contributed by atoms with Crippen molar-refractivity contribution in [2.45, 2.75) is 33.1 Å². The second kappa shape index (κ2) is 9.78. The van der Waals surface area contributed by atoms with E-state index in [0.717, 1.165) is 23.2 Å². The topological polar surface area (TPSA) is 78.9 Å². The lowest BCUT2D eigenvalue weighted by Gasteiger charge is -2.17. The zero-order chi connectivity index (χ0) is 20.7. The molecular formula is C22H28N2O4. The van der Waals surface area contributed by atoms with Crippen LogP contribution in [0.4, 0.5) is 11.4 Å². The minimum Gasteiger partial charge on any atom is -0.491 e. The molecule has 1 amide bonds. The van der Waals surface area contributed by atoms with Crippen molar-refractivity contribution in [1.29, 1.82) is 0 Å². The number of carboxylic acids is 1. The van der Waals surface area contributed by atoms with E-state index < -0.39 is 5.97 Å². The Hall–Kier alpha value is -3.02. The summed E-state index contributed by atoms with van der Waals surface area (Å²) in [4.78, 5) is 25.6. The summed E-state index contributed by atoms with van der Waals surface area (Å²) in [5.41, 5.74) is 4.01. The first-order chi connectivity index (χ1) is 13.3. The average Bonchev–Trinajstić information content (AvgIpc) is 2.65. The Labute approximate surface area is 166 Å². The van der Waals surface area contributed by atoms with Crippen LogP contribution in [0.2, 0.25) is 0 Å². The van der Waals surface area contributed by atoms with Gasteiger partial charge in [-0.15, -0.1) is 0 Å². The first-order valence-corrected chi connectivity index (χ1v) is 9.38. The van der Waals surface area contributed by atoms with Gasteiger partial charge >= 0.3 is 5.97 Å². The summed E-state index contributed by atoms with van der Waals surface area (Å²) >= 11 is 0. The van der Waals surface area contributed by atoms with Crippen LogP contribution in [0, 0.1) is 6.92 Å². The van der Waals surface area contributed by atoms with Crippen LogP contribution in [0.25, 0.3) is 0 Å². The molecule has 0 spiro atoms. The van der Waals surface area contributed by atoms with Gasteiger partial charge in [-0.2, -0.15) is 0 Å². The van der Waals surface area contributed by atoms with E-state index in [1.54, 1.807) is 18.2 Å². The SMILES string of the molecule is CCCOc1ccc(CCC(=O)O)cc1NC(=O)c1ccc(N(C)C)c(C)c1. The number of aliphatic carboxylic acids is 1. The first-order valence-electron chi connectivity index (χ1n) is 9.38. The maximum absolute atomic E-state index is 12.8. The average molecular weight is 384 g/mol. The van der Waals surface area contributed by atoms with Crippen LogP contribution in [0.5, 0.6) is 5.75 Å². The Balaban J connectivity index is 2.25. The summed E-state index contributed by atoms with van der Waals surface area (Å²) in [5.74, 6) is -0.505. The van der Waals surface area contributed by atoms with Gasteiger partial charge in [0.05, 0.1) is 12.3 Å². The largest absolute Gasteiger partial charge is 0.491 e. The van der Waals surface area contributed by atoms with E-state index in [-0.39, 0.29) is 12.3 Å². The number of anilines is 2. The highest BCUT2D eigenvalue weighted by Gasteiger charge is 2.13. The zero-order valence-corrected chi connectivity index (χ0v) is 16.9. The van der Waals surface area contributed by atoms with Gasteiger partial charge in [-0.05, 0) is 61.2 Å². The van der Waals surface area contributed by atoms with Gasteiger partial charge in [-0.1, -0.05) is 13.0 Å². The Kier molecular flexibility index (Phi) is 7.44. The molecular weight excluding hydrogens is 356 g/mol. The number of carbonyl (C=O) groups is 2. The van der Waals surface area contributed by atoms with Crippen molar-refractivity contribution in [2.24, 2.45) is 0 Å². The number of nitrogens with zero attached hydrogens (tertiary/aromatic N) is 1. The molecule has 0 bridgehead atoms. The molecule has 0 heterocycles. The van der Waals surface area contributed by atoms with Crippen LogP contribution in [0.3, 0.4) is 0 Å². The lowest BCUT2D eigenvalue weighted by atomic mass is 10.1. The highest BCUT2D eigenvalue weighted by molar-refractivity contribution is 6.05. The van der Waals surface area contributed by atoms with Crippen molar-refractivity contribution in [1.82, 2.24) is 0 Å². The Morgan fingerprint density at radius 1 is 1.14 bits per heavy atom. The standard InChI is InChI=1S/C22H28N2O4/c1-5-12-28-20-10-6-16(7-11-21(25)26)14-18(20)23-22(27)17-8-9-19(24(3)4)15(2)13-17/h6,8-10,13-14H,5,7,11-12H2,1-4H3,(H,23,27)(H,25,26).